The van der Waals surface area contributed by atoms with Gasteiger partial charge in [-0.25, -0.2) is 8.78 Å². The van der Waals surface area contributed by atoms with E-state index in [1.165, 1.54) is 18.2 Å². The van der Waals surface area contributed by atoms with Gasteiger partial charge in [0.2, 0.25) is 0 Å². The van der Waals surface area contributed by atoms with Gasteiger partial charge in [-0.2, -0.15) is 5.26 Å². The van der Waals surface area contributed by atoms with Crippen molar-refractivity contribution in [2.45, 2.75) is 19.8 Å². The van der Waals surface area contributed by atoms with Gasteiger partial charge in [0.25, 0.3) is 0 Å². The quantitative estimate of drug-likeness (QED) is 0.769. The number of hydrogen-bond acceptors (Lipinski definition) is 1. The lowest BCUT2D eigenvalue weighted by molar-refractivity contribution is 0.622. The molecule has 0 unspecified atom stereocenters. The second-order valence-corrected chi connectivity index (χ2v) is 4.73. The SMILES string of the molecule is CC(C)c1ccc(-c2cc(F)cc(C#N)c2)c(F)c1. The van der Waals surface area contributed by atoms with E-state index >= 15 is 0 Å². The molecule has 2 rings (SSSR count). The van der Waals surface area contributed by atoms with E-state index in [0.29, 0.717) is 11.1 Å². The maximum atomic E-state index is 14.1. The highest BCUT2D eigenvalue weighted by atomic mass is 19.1. The van der Waals surface area contributed by atoms with Gasteiger partial charge in [0.1, 0.15) is 11.6 Å². The fraction of sp³-hybridized carbons (Fsp3) is 0.188. The first-order valence-corrected chi connectivity index (χ1v) is 6.02. The van der Waals surface area contributed by atoms with Gasteiger partial charge in [-0.3, -0.25) is 0 Å². The predicted octanol–water partition coefficient (Wildman–Crippen LogP) is 4.63. The summed E-state index contributed by atoms with van der Waals surface area (Å²) < 4.78 is 27.4. The van der Waals surface area contributed by atoms with Gasteiger partial charge < -0.3 is 0 Å². The lowest BCUT2D eigenvalue weighted by atomic mass is 9.97. The molecule has 0 spiro atoms. The standard InChI is InChI=1S/C16H13F2N/c1-10(2)12-3-4-15(16(18)8-12)13-5-11(9-19)6-14(17)7-13/h3-8,10H,1-2H3. The van der Waals surface area contributed by atoms with Crippen molar-refractivity contribution >= 4 is 0 Å². The Morgan fingerprint density at radius 1 is 1.05 bits per heavy atom. The Morgan fingerprint density at radius 3 is 2.37 bits per heavy atom. The van der Waals surface area contributed by atoms with Crippen molar-refractivity contribution in [2.24, 2.45) is 0 Å². The molecule has 0 aliphatic rings. The molecule has 0 bridgehead atoms. The maximum absolute atomic E-state index is 14.1. The van der Waals surface area contributed by atoms with E-state index in [0.717, 1.165) is 11.6 Å². The summed E-state index contributed by atoms with van der Waals surface area (Å²) in [7, 11) is 0. The zero-order valence-electron chi connectivity index (χ0n) is 10.7. The van der Waals surface area contributed by atoms with Gasteiger partial charge in [0.15, 0.2) is 0 Å². The van der Waals surface area contributed by atoms with E-state index in [2.05, 4.69) is 0 Å². The highest BCUT2D eigenvalue weighted by Crippen LogP contribution is 2.27. The molecule has 0 aliphatic carbocycles. The first-order chi connectivity index (χ1) is 9.01. The van der Waals surface area contributed by atoms with Crippen molar-refractivity contribution in [3.8, 4) is 17.2 Å². The Balaban J connectivity index is 2.54. The number of nitriles is 1. The van der Waals surface area contributed by atoms with Gasteiger partial charge in [-0.1, -0.05) is 26.0 Å². The van der Waals surface area contributed by atoms with Crippen LogP contribution >= 0.6 is 0 Å². The number of halogens is 2. The highest BCUT2D eigenvalue weighted by molar-refractivity contribution is 5.66. The third-order valence-corrected chi connectivity index (χ3v) is 3.00. The molecular weight excluding hydrogens is 244 g/mol. The van der Waals surface area contributed by atoms with Gasteiger partial charge >= 0.3 is 0 Å². The molecule has 0 saturated heterocycles. The molecule has 0 fully saturated rings. The van der Waals surface area contributed by atoms with E-state index in [4.69, 9.17) is 5.26 Å². The van der Waals surface area contributed by atoms with Crippen LogP contribution in [-0.4, -0.2) is 0 Å². The molecule has 3 heteroatoms. The summed E-state index contributed by atoms with van der Waals surface area (Å²) in [4.78, 5) is 0. The van der Waals surface area contributed by atoms with Crippen LogP contribution in [0.4, 0.5) is 8.78 Å². The first-order valence-electron chi connectivity index (χ1n) is 6.02. The van der Waals surface area contributed by atoms with Crippen molar-refractivity contribution in [1.29, 1.82) is 5.26 Å². The summed E-state index contributed by atoms with van der Waals surface area (Å²) in [5, 5.41) is 8.81. The first kappa shape index (κ1) is 13.2. The fourth-order valence-electron chi connectivity index (χ4n) is 1.93. The van der Waals surface area contributed by atoms with Crippen LogP contribution in [-0.2, 0) is 0 Å². The van der Waals surface area contributed by atoms with Crippen molar-refractivity contribution in [1.82, 2.24) is 0 Å². The smallest absolute Gasteiger partial charge is 0.131 e. The number of rotatable bonds is 2. The topological polar surface area (TPSA) is 23.8 Å². The van der Waals surface area contributed by atoms with Crippen LogP contribution in [0.5, 0.6) is 0 Å². The van der Waals surface area contributed by atoms with E-state index in [1.807, 2.05) is 26.0 Å². The van der Waals surface area contributed by atoms with Gasteiger partial charge in [0.05, 0.1) is 11.6 Å². The lowest BCUT2D eigenvalue weighted by Crippen LogP contribution is -1.92. The molecule has 0 N–H and O–H groups in total. The normalized spacial score (nSPS) is 10.5. The second kappa shape index (κ2) is 5.19. The zero-order valence-corrected chi connectivity index (χ0v) is 10.7. The molecular formula is C16H13F2N. The van der Waals surface area contributed by atoms with Crippen molar-refractivity contribution in [2.75, 3.05) is 0 Å². The minimum absolute atomic E-state index is 0.183. The molecule has 0 aromatic heterocycles. The van der Waals surface area contributed by atoms with E-state index in [1.54, 1.807) is 6.07 Å². The third-order valence-electron chi connectivity index (χ3n) is 3.00. The zero-order chi connectivity index (χ0) is 14.0. The monoisotopic (exact) mass is 257 g/mol. The summed E-state index contributed by atoms with van der Waals surface area (Å²) in [6, 6.07) is 10.6. The van der Waals surface area contributed by atoms with Gasteiger partial charge in [-0.05, 0) is 41.3 Å². The molecule has 19 heavy (non-hydrogen) atoms. The average molecular weight is 257 g/mol. The van der Waals surface area contributed by atoms with Gasteiger partial charge in [-0.15, -0.1) is 0 Å². The summed E-state index contributed by atoms with van der Waals surface area (Å²) in [5.41, 5.74) is 1.75. The Morgan fingerprint density at radius 2 is 1.79 bits per heavy atom. The molecule has 0 atom stereocenters. The highest BCUT2D eigenvalue weighted by Gasteiger charge is 2.10. The fourth-order valence-corrected chi connectivity index (χ4v) is 1.93. The predicted molar refractivity (Wildman–Crippen MR) is 70.6 cm³/mol. The van der Waals surface area contributed by atoms with E-state index in [-0.39, 0.29) is 11.5 Å². The average Bonchev–Trinajstić information content (AvgIpc) is 2.37. The Labute approximate surface area is 111 Å². The van der Waals surface area contributed by atoms with Crippen LogP contribution in [0.1, 0.15) is 30.9 Å². The summed E-state index contributed by atoms with van der Waals surface area (Å²) in [6.45, 7) is 3.95. The van der Waals surface area contributed by atoms with Crippen LogP contribution in [0.25, 0.3) is 11.1 Å². The summed E-state index contributed by atoms with van der Waals surface area (Å²) >= 11 is 0. The molecule has 0 saturated carbocycles. The van der Waals surface area contributed by atoms with E-state index < -0.39 is 11.6 Å². The minimum Gasteiger partial charge on any atom is -0.207 e. The number of nitrogens with zero attached hydrogens (tertiary/aromatic N) is 1. The molecule has 0 aliphatic heterocycles. The molecule has 1 nitrogen and oxygen atoms in total. The number of benzene rings is 2. The Hall–Kier alpha value is -2.21. The molecule has 0 radical (unpaired) electrons. The largest absolute Gasteiger partial charge is 0.207 e. The lowest BCUT2D eigenvalue weighted by Gasteiger charge is -2.09. The van der Waals surface area contributed by atoms with Crippen LogP contribution in [0.15, 0.2) is 36.4 Å². The van der Waals surface area contributed by atoms with Crippen LogP contribution in [0.3, 0.4) is 0 Å². The van der Waals surface area contributed by atoms with Crippen LogP contribution in [0.2, 0.25) is 0 Å². The third kappa shape index (κ3) is 2.79. The maximum Gasteiger partial charge on any atom is 0.131 e. The Kier molecular flexibility index (Phi) is 3.62. The van der Waals surface area contributed by atoms with Crippen LogP contribution < -0.4 is 0 Å². The second-order valence-electron chi connectivity index (χ2n) is 4.73. The van der Waals surface area contributed by atoms with Crippen molar-refractivity contribution < 1.29 is 8.78 Å². The molecule has 0 amide bonds. The molecule has 96 valence electrons. The molecule has 0 heterocycles. The minimum atomic E-state index is -0.540. The number of hydrogen-bond donors (Lipinski definition) is 0. The molecule has 2 aromatic rings. The van der Waals surface area contributed by atoms with Crippen molar-refractivity contribution in [3.05, 3.63) is 59.2 Å². The Bertz CT molecular complexity index is 654. The molecule has 2 aromatic carbocycles. The van der Waals surface area contributed by atoms with Gasteiger partial charge in [0, 0.05) is 5.56 Å². The van der Waals surface area contributed by atoms with Crippen molar-refractivity contribution in [3.63, 3.8) is 0 Å². The van der Waals surface area contributed by atoms with Crippen LogP contribution in [0, 0.1) is 23.0 Å². The van der Waals surface area contributed by atoms with E-state index in [9.17, 15) is 8.78 Å². The summed E-state index contributed by atoms with van der Waals surface area (Å²) in [5.74, 6) is -0.715. The summed E-state index contributed by atoms with van der Waals surface area (Å²) in [6.07, 6.45) is 0.